The van der Waals surface area contributed by atoms with Crippen molar-refractivity contribution in [3.05, 3.63) is 59.1 Å². The van der Waals surface area contributed by atoms with E-state index in [1.165, 1.54) is 263 Å². The Morgan fingerprint density at radius 3 is 1.14 bits per heavy atom. The molecule has 0 unspecified atom stereocenters. The van der Waals surface area contributed by atoms with Crippen molar-refractivity contribution in [3.63, 3.8) is 0 Å². The van der Waals surface area contributed by atoms with Crippen LogP contribution in [0.2, 0.25) is 0 Å². The molecule has 0 saturated heterocycles. The first-order chi connectivity index (χ1) is 32.6. The lowest BCUT2D eigenvalue weighted by Crippen LogP contribution is -2.39. The van der Waals surface area contributed by atoms with Crippen LogP contribution in [-0.2, 0) is 11.3 Å². The quantitative estimate of drug-likeness (QED) is 0.0453. The number of para-hydroxylation sites is 1. The number of hydrogen-bond donors (Lipinski definition) is 1. The highest BCUT2D eigenvalue weighted by molar-refractivity contribution is 7.18. The van der Waals surface area contributed by atoms with Crippen LogP contribution >= 0.6 is 11.3 Å². The van der Waals surface area contributed by atoms with Crippen LogP contribution in [-0.4, -0.2) is 24.2 Å². The van der Waals surface area contributed by atoms with Gasteiger partial charge in [0.2, 0.25) is 12.1 Å². The lowest BCUT2D eigenvalue weighted by molar-refractivity contribution is -0.657. The minimum atomic E-state index is -0.817. The molecule has 0 aliphatic rings. The fourth-order valence-electron chi connectivity index (χ4n) is 9.92. The molecule has 1 heterocycles. The van der Waals surface area contributed by atoms with Gasteiger partial charge in [-0.25, -0.2) is 4.79 Å². The van der Waals surface area contributed by atoms with Crippen molar-refractivity contribution >= 4 is 45.4 Å². The summed E-state index contributed by atoms with van der Waals surface area (Å²) in [5, 5.41) is 10.6. The third-order valence-corrected chi connectivity index (χ3v) is 15.3. The zero-order chi connectivity index (χ0) is 46.8. The molecule has 1 N–H and O–H groups in total. The van der Waals surface area contributed by atoms with E-state index in [-0.39, 0.29) is 6.54 Å². The van der Waals surface area contributed by atoms with Crippen molar-refractivity contribution < 1.29 is 14.5 Å². The highest BCUT2D eigenvalue weighted by atomic mass is 32.1. The van der Waals surface area contributed by atoms with Gasteiger partial charge < -0.3 is 10.0 Å². The van der Waals surface area contributed by atoms with E-state index in [0.717, 1.165) is 33.9 Å². The second kappa shape index (κ2) is 41.3. The van der Waals surface area contributed by atoms with Crippen molar-refractivity contribution in [1.29, 1.82) is 0 Å². The number of carboxylic acid groups (broad SMARTS) is 1. The molecule has 0 fully saturated rings. The van der Waals surface area contributed by atoms with Gasteiger partial charge in [0.25, 0.3) is 5.01 Å². The number of unbranched alkanes of at least 4 members (excludes halogenated alkanes) is 38. The van der Waals surface area contributed by atoms with Gasteiger partial charge in [-0.15, -0.1) is 0 Å². The van der Waals surface area contributed by atoms with Crippen LogP contribution in [0.25, 0.3) is 22.4 Å². The van der Waals surface area contributed by atoms with Gasteiger partial charge in [0.1, 0.15) is 4.70 Å². The van der Waals surface area contributed by atoms with Gasteiger partial charge in [0.15, 0.2) is 0 Å². The summed E-state index contributed by atoms with van der Waals surface area (Å²) in [5.41, 5.74) is 3.46. The van der Waals surface area contributed by atoms with Gasteiger partial charge in [0.05, 0.1) is 0 Å². The zero-order valence-corrected chi connectivity index (χ0v) is 44.2. The van der Waals surface area contributed by atoms with E-state index in [0.29, 0.717) is 0 Å². The zero-order valence-electron chi connectivity index (χ0n) is 43.3. The van der Waals surface area contributed by atoms with E-state index in [9.17, 15) is 9.90 Å². The van der Waals surface area contributed by atoms with Gasteiger partial charge in [0, 0.05) is 30.9 Å². The summed E-state index contributed by atoms with van der Waals surface area (Å²) >= 11 is 1.65. The number of fused-ring (bicyclic) bond motifs is 1. The number of aliphatic carboxylic acids is 1. The van der Waals surface area contributed by atoms with E-state index in [1.807, 2.05) is 22.8 Å². The van der Waals surface area contributed by atoms with Crippen LogP contribution in [0.5, 0.6) is 0 Å². The molecule has 0 amide bonds. The molecule has 1 aromatic heterocycles. The molecular weight excluding hydrogens is 825 g/mol. The van der Waals surface area contributed by atoms with E-state index < -0.39 is 5.97 Å². The minimum absolute atomic E-state index is 0.0312. The smallest absolute Gasteiger partial charge is 0.370 e. The monoisotopic (exact) mass is 928 g/mol. The predicted molar refractivity (Wildman–Crippen MR) is 293 cm³/mol. The summed E-state index contributed by atoms with van der Waals surface area (Å²) in [4.78, 5) is 14.4. The van der Waals surface area contributed by atoms with Gasteiger partial charge >= 0.3 is 5.97 Å². The van der Waals surface area contributed by atoms with E-state index in [2.05, 4.69) is 61.2 Å². The van der Waals surface area contributed by atoms with E-state index >= 15 is 0 Å². The molecule has 4 nitrogen and oxygen atoms in total. The number of anilines is 1. The van der Waals surface area contributed by atoms with Crippen LogP contribution in [0.1, 0.15) is 281 Å². The average molecular weight is 929 g/mol. The Bertz CT molecular complexity index is 1540. The molecule has 2 aromatic carbocycles. The lowest BCUT2D eigenvalue weighted by Gasteiger charge is -2.25. The Kier molecular flexibility index (Phi) is 36.1. The maximum atomic E-state index is 11.7. The molecule has 0 radical (unpaired) electrons. The predicted octanol–water partition coefficient (Wildman–Crippen LogP) is 19.9. The van der Waals surface area contributed by atoms with Gasteiger partial charge in [-0.2, -0.15) is 4.57 Å². The standard InChI is InChI=1S/C61H102N2O2S/c1-3-5-7-9-11-13-15-17-19-21-23-25-27-29-31-33-35-37-39-43-53-62(54-44-40-38-36-34-32-30-28-26-24-22-20-18-16-14-12-10-8-6-4-2)57-50-47-56(48-51-57)49-52-60-63(55-61(64)65)58-45-41-42-46-59(58)66-60/h41-42,45-52H,3-40,43-44,53-55H2,1-2H3/p+1. The fraction of sp³-hybridized carbons (Fsp3) is 0.738. The Balaban J connectivity index is 1.31. The van der Waals surface area contributed by atoms with Crippen molar-refractivity contribution in [3.8, 4) is 0 Å². The Hall–Kier alpha value is -2.66. The molecule has 3 aromatic rings. The SMILES string of the molecule is CCCCCCCCCCCCCCCCCCCCCCN(CCCCCCCCCCCCCCCCCCCCCC)c1ccc(C=Cc2sc3ccccc3[n+]2CC(=O)O)cc1. The summed E-state index contributed by atoms with van der Waals surface area (Å²) in [6.07, 6.45) is 61.1. The van der Waals surface area contributed by atoms with Crippen LogP contribution in [0.3, 0.4) is 0 Å². The number of thiazole rings is 1. The first-order valence-electron chi connectivity index (χ1n) is 28.8. The summed E-state index contributed by atoms with van der Waals surface area (Å²) in [5.74, 6) is -0.817. The molecule has 0 saturated carbocycles. The summed E-state index contributed by atoms with van der Waals surface area (Å²) in [6, 6.07) is 17.2. The number of aromatic nitrogens is 1. The summed E-state index contributed by atoms with van der Waals surface area (Å²) in [7, 11) is 0. The topological polar surface area (TPSA) is 44.4 Å². The molecule has 0 aliphatic carbocycles. The fourth-order valence-corrected chi connectivity index (χ4v) is 11.0. The number of hydrogen-bond acceptors (Lipinski definition) is 3. The van der Waals surface area contributed by atoms with Crippen molar-refractivity contribution in [1.82, 2.24) is 0 Å². The highest BCUT2D eigenvalue weighted by Crippen LogP contribution is 2.24. The molecule has 0 bridgehead atoms. The average Bonchev–Trinajstić information content (AvgIpc) is 3.67. The molecule has 0 atom stereocenters. The number of benzene rings is 2. The third kappa shape index (κ3) is 29.3. The maximum absolute atomic E-state index is 11.7. The minimum Gasteiger partial charge on any atom is -0.477 e. The van der Waals surface area contributed by atoms with E-state index in [1.54, 1.807) is 11.3 Å². The molecular formula is C61H103N2O2S+. The molecule has 0 aliphatic heterocycles. The maximum Gasteiger partial charge on any atom is 0.370 e. The normalized spacial score (nSPS) is 11.7. The van der Waals surface area contributed by atoms with E-state index in [4.69, 9.17) is 0 Å². The third-order valence-electron chi connectivity index (χ3n) is 14.2. The number of carboxylic acids is 1. The second-order valence-electron chi connectivity index (χ2n) is 20.2. The lowest BCUT2D eigenvalue weighted by atomic mass is 10.0. The van der Waals surface area contributed by atoms with Crippen molar-refractivity contribution in [2.24, 2.45) is 0 Å². The highest BCUT2D eigenvalue weighted by Gasteiger charge is 2.21. The Morgan fingerprint density at radius 2 is 0.788 bits per heavy atom. The van der Waals surface area contributed by atoms with Crippen LogP contribution in [0.4, 0.5) is 5.69 Å². The number of rotatable bonds is 47. The van der Waals surface area contributed by atoms with Gasteiger partial charge in [-0.05, 0) is 42.7 Å². The molecule has 66 heavy (non-hydrogen) atoms. The first-order valence-corrected chi connectivity index (χ1v) is 29.6. The Morgan fingerprint density at radius 1 is 0.455 bits per heavy atom. The largest absolute Gasteiger partial charge is 0.477 e. The van der Waals surface area contributed by atoms with Crippen molar-refractivity contribution in [2.75, 3.05) is 18.0 Å². The van der Waals surface area contributed by atoms with Gasteiger partial charge in [-0.3, -0.25) is 0 Å². The molecule has 3 rings (SSSR count). The van der Waals surface area contributed by atoms with Crippen molar-refractivity contribution in [2.45, 2.75) is 277 Å². The second-order valence-corrected chi connectivity index (χ2v) is 21.3. The summed E-state index contributed by atoms with van der Waals surface area (Å²) in [6.45, 7) is 6.87. The van der Waals surface area contributed by atoms with Gasteiger partial charge in [-0.1, -0.05) is 293 Å². The molecule has 374 valence electrons. The first kappa shape index (κ1) is 57.7. The van der Waals surface area contributed by atoms with Crippen LogP contribution < -0.4 is 9.47 Å². The van der Waals surface area contributed by atoms with Crippen LogP contribution in [0, 0.1) is 0 Å². The Labute approximate surface area is 412 Å². The van der Waals surface area contributed by atoms with Crippen LogP contribution in [0.15, 0.2) is 48.5 Å². The number of nitrogens with zero attached hydrogens (tertiary/aromatic N) is 2. The number of carbonyl (C=O) groups is 1. The molecule has 0 spiro atoms. The summed E-state index contributed by atoms with van der Waals surface area (Å²) < 4.78 is 3.02. The molecule has 5 heteroatoms.